The van der Waals surface area contributed by atoms with Crippen molar-refractivity contribution >= 4 is 21.6 Å². The maximum Gasteiger partial charge on any atom is 0.296 e. The summed E-state index contributed by atoms with van der Waals surface area (Å²) in [5, 5.41) is 0. The molecule has 0 aliphatic heterocycles. The zero-order valence-electron chi connectivity index (χ0n) is 8.60. The average Bonchev–Trinajstić information content (AvgIpc) is 2.15. The molecule has 0 bridgehead atoms. The van der Waals surface area contributed by atoms with Gasteiger partial charge in [-0.05, 0) is 24.6 Å². The van der Waals surface area contributed by atoms with E-state index in [0.717, 1.165) is 6.07 Å². The van der Waals surface area contributed by atoms with E-state index in [0.29, 0.717) is 5.56 Å². The van der Waals surface area contributed by atoms with Gasteiger partial charge in [-0.15, -0.1) is 0 Å². The first kappa shape index (κ1) is 12.6. The highest BCUT2D eigenvalue weighted by Gasteiger charge is 2.18. The smallest absolute Gasteiger partial charge is 0.296 e. The van der Waals surface area contributed by atoms with Crippen molar-refractivity contribution in [2.24, 2.45) is 5.73 Å². The summed E-state index contributed by atoms with van der Waals surface area (Å²) < 4.78 is 30.8. The van der Waals surface area contributed by atoms with Crippen LogP contribution in [0.3, 0.4) is 0 Å². The van der Waals surface area contributed by atoms with Crippen LogP contribution < -0.4 is 11.5 Å². The molecule has 5 N–H and O–H groups in total. The summed E-state index contributed by atoms with van der Waals surface area (Å²) in [5.41, 5.74) is 11.2. The molecule has 0 heterocycles. The number of carbonyl (C=O) groups is 1. The number of rotatable bonds is 3. The lowest BCUT2D eigenvalue weighted by Gasteiger charge is -2.09. The second-order valence-electron chi connectivity index (χ2n) is 3.28. The molecule has 1 aromatic rings. The number of hydrogen-bond donors (Lipinski definition) is 3. The molecule has 0 aliphatic rings. The van der Waals surface area contributed by atoms with Crippen LogP contribution >= 0.6 is 0 Å². The second kappa shape index (κ2) is 4.20. The van der Waals surface area contributed by atoms with Crippen molar-refractivity contribution in [3.63, 3.8) is 0 Å². The van der Waals surface area contributed by atoms with Crippen LogP contribution in [0.5, 0.6) is 0 Å². The topological polar surface area (TPSA) is 123 Å². The van der Waals surface area contributed by atoms with Gasteiger partial charge >= 0.3 is 0 Å². The molecule has 1 aromatic carbocycles. The molecular formula is C9H12N2O4S. The van der Waals surface area contributed by atoms with Gasteiger partial charge in [0.15, 0.2) is 5.78 Å². The number of carbonyl (C=O) groups excluding carboxylic acids is 1. The van der Waals surface area contributed by atoms with Gasteiger partial charge < -0.3 is 11.5 Å². The van der Waals surface area contributed by atoms with E-state index in [2.05, 4.69) is 0 Å². The highest BCUT2D eigenvalue weighted by molar-refractivity contribution is 7.86. The Labute approximate surface area is 93.0 Å². The van der Waals surface area contributed by atoms with Crippen LogP contribution in [0, 0.1) is 0 Å². The first-order valence-electron chi connectivity index (χ1n) is 4.38. The Bertz CT molecular complexity index is 537. The fourth-order valence-corrected chi connectivity index (χ4v) is 2.01. The molecule has 0 saturated heterocycles. The molecule has 0 atom stereocenters. The normalized spacial score (nSPS) is 11.4. The number of anilines is 1. The summed E-state index contributed by atoms with van der Waals surface area (Å²) in [6.07, 6.45) is 0. The van der Waals surface area contributed by atoms with E-state index in [1.165, 1.54) is 13.0 Å². The van der Waals surface area contributed by atoms with Crippen LogP contribution in [0.25, 0.3) is 0 Å². The molecule has 0 unspecified atom stereocenters. The Hall–Kier alpha value is -1.44. The van der Waals surface area contributed by atoms with Gasteiger partial charge in [0.2, 0.25) is 0 Å². The van der Waals surface area contributed by atoms with Crippen molar-refractivity contribution in [3.8, 4) is 0 Å². The van der Waals surface area contributed by atoms with Gasteiger partial charge in [-0.25, -0.2) is 0 Å². The Kier molecular flexibility index (Phi) is 3.32. The van der Waals surface area contributed by atoms with Crippen molar-refractivity contribution in [2.45, 2.75) is 18.4 Å². The van der Waals surface area contributed by atoms with Crippen molar-refractivity contribution in [3.05, 3.63) is 23.3 Å². The third-order valence-electron chi connectivity index (χ3n) is 2.11. The fourth-order valence-electron chi connectivity index (χ4n) is 1.36. The summed E-state index contributed by atoms with van der Waals surface area (Å²) in [6, 6.07) is 2.31. The Morgan fingerprint density at radius 2 is 2.00 bits per heavy atom. The molecule has 88 valence electrons. The Morgan fingerprint density at radius 1 is 1.44 bits per heavy atom. The fraction of sp³-hybridized carbons (Fsp3) is 0.222. The van der Waals surface area contributed by atoms with Crippen LogP contribution in [-0.4, -0.2) is 18.8 Å². The predicted molar refractivity (Wildman–Crippen MR) is 58.6 cm³/mol. The van der Waals surface area contributed by atoms with Gasteiger partial charge in [-0.3, -0.25) is 9.35 Å². The molecule has 0 amide bonds. The van der Waals surface area contributed by atoms with Crippen molar-refractivity contribution in [1.82, 2.24) is 0 Å². The van der Waals surface area contributed by atoms with Crippen molar-refractivity contribution in [2.75, 3.05) is 5.73 Å². The molecule has 0 aromatic heterocycles. The molecule has 0 aliphatic carbocycles. The van der Waals surface area contributed by atoms with Crippen LogP contribution in [0.1, 0.15) is 22.8 Å². The number of ketones is 1. The van der Waals surface area contributed by atoms with Crippen LogP contribution in [0.4, 0.5) is 5.69 Å². The van der Waals surface area contributed by atoms with Crippen LogP contribution in [0.15, 0.2) is 17.0 Å². The van der Waals surface area contributed by atoms with E-state index < -0.39 is 15.0 Å². The van der Waals surface area contributed by atoms with E-state index in [4.69, 9.17) is 16.0 Å². The number of Topliss-reactive ketones (excluding diaryl/α,β-unsaturated/α-hetero) is 1. The van der Waals surface area contributed by atoms with Gasteiger partial charge in [0.25, 0.3) is 10.1 Å². The molecule has 16 heavy (non-hydrogen) atoms. The summed E-state index contributed by atoms with van der Waals surface area (Å²) in [6.45, 7) is 1.30. The SMILES string of the molecule is CC(=O)c1cc(N)c(S(=O)(=O)O)cc1CN. The third-order valence-corrected chi connectivity index (χ3v) is 3.02. The highest BCUT2D eigenvalue weighted by atomic mass is 32.2. The molecule has 0 saturated carbocycles. The number of nitrogens with two attached hydrogens (primary N) is 2. The lowest BCUT2D eigenvalue weighted by atomic mass is 10.0. The lowest BCUT2D eigenvalue weighted by molar-refractivity contribution is 0.101. The number of nitrogen functional groups attached to an aromatic ring is 1. The first-order valence-corrected chi connectivity index (χ1v) is 5.82. The van der Waals surface area contributed by atoms with Crippen molar-refractivity contribution < 1.29 is 17.8 Å². The third kappa shape index (κ3) is 2.38. The minimum Gasteiger partial charge on any atom is -0.398 e. The van der Waals surface area contributed by atoms with E-state index in [1.54, 1.807) is 0 Å². The number of benzene rings is 1. The molecule has 0 radical (unpaired) electrons. The quantitative estimate of drug-likeness (QED) is 0.396. The number of hydrogen-bond acceptors (Lipinski definition) is 5. The molecule has 0 spiro atoms. The van der Waals surface area contributed by atoms with Gasteiger partial charge in [0, 0.05) is 12.1 Å². The monoisotopic (exact) mass is 244 g/mol. The van der Waals surface area contributed by atoms with Crippen molar-refractivity contribution in [1.29, 1.82) is 0 Å². The zero-order chi connectivity index (χ0) is 12.5. The summed E-state index contributed by atoms with van der Waals surface area (Å²) in [7, 11) is -4.40. The largest absolute Gasteiger partial charge is 0.398 e. The summed E-state index contributed by atoms with van der Waals surface area (Å²) in [4.78, 5) is 10.8. The minimum atomic E-state index is -4.40. The zero-order valence-corrected chi connectivity index (χ0v) is 9.41. The summed E-state index contributed by atoms with van der Waals surface area (Å²) in [5.74, 6) is -0.269. The minimum absolute atomic E-state index is 0.0162. The second-order valence-corrected chi connectivity index (χ2v) is 4.67. The Morgan fingerprint density at radius 3 is 2.38 bits per heavy atom. The lowest BCUT2D eigenvalue weighted by Crippen LogP contribution is -2.10. The Balaban J connectivity index is 3.56. The first-order chi connectivity index (χ1) is 7.27. The molecular weight excluding hydrogens is 232 g/mol. The summed E-state index contributed by atoms with van der Waals surface area (Å²) >= 11 is 0. The maximum absolute atomic E-state index is 11.2. The van der Waals surface area contributed by atoms with Crippen LogP contribution in [-0.2, 0) is 16.7 Å². The standard InChI is InChI=1S/C9H12N2O4S/c1-5(12)7-3-8(11)9(16(13,14)15)2-6(7)4-10/h2-3H,4,10-11H2,1H3,(H,13,14,15). The van der Waals surface area contributed by atoms with E-state index in [1.807, 2.05) is 0 Å². The van der Waals surface area contributed by atoms with Gasteiger partial charge in [0.05, 0.1) is 5.69 Å². The highest BCUT2D eigenvalue weighted by Crippen LogP contribution is 2.23. The molecule has 7 heteroatoms. The van der Waals surface area contributed by atoms with Gasteiger partial charge in [0.1, 0.15) is 4.90 Å². The molecule has 6 nitrogen and oxygen atoms in total. The molecule has 1 rings (SSSR count). The van der Waals surface area contributed by atoms with E-state index >= 15 is 0 Å². The average molecular weight is 244 g/mol. The van der Waals surface area contributed by atoms with Gasteiger partial charge in [-0.1, -0.05) is 0 Å². The maximum atomic E-state index is 11.2. The van der Waals surface area contributed by atoms with E-state index in [9.17, 15) is 13.2 Å². The van der Waals surface area contributed by atoms with Crippen LogP contribution in [0.2, 0.25) is 0 Å². The van der Waals surface area contributed by atoms with E-state index in [-0.39, 0.29) is 23.6 Å². The predicted octanol–water partition coefficient (Wildman–Crippen LogP) is 0.177. The molecule has 0 fully saturated rings. The van der Waals surface area contributed by atoms with Gasteiger partial charge in [-0.2, -0.15) is 8.42 Å².